The molecule has 3 heterocycles. The lowest BCUT2D eigenvalue weighted by Crippen LogP contribution is -2.49. The second kappa shape index (κ2) is 7.32. The van der Waals surface area contributed by atoms with Gasteiger partial charge in [-0.1, -0.05) is 0 Å². The van der Waals surface area contributed by atoms with Gasteiger partial charge in [-0.25, -0.2) is 13.2 Å². The summed E-state index contributed by atoms with van der Waals surface area (Å²) in [6.45, 7) is 4.85. The summed E-state index contributed by atoms with van der Waals surface area (Å²) in [4.78, 5) is 14.1. The number of rotatable bonds is 3. The molecule has 1 aromatic heterocycles. The summed E-state index contributed by atoms with van der Waals surface area (Å²) in [6.07, 6.45) is 0.849. The van der Waals surface area contributed by atoms with Crippen LogP contribution >= 0.6 is 12.4 Å². The highest BCUT2D eigenvalue weighted by Crippen LogP contribution is 2.26. The predicted molar refractivity (Wildman–Crippen MR) is 100 cm³/mol. The van der Waals surface area contributed by atoms with Crippen LogP contribution in [0.5, 0.6) is 0 Å². The molecule has 2 fully saturated rings. The van der Waals surface area contributed by atoms with Gasteiger partial charge >= 0.3 is 5.76 Å². The molecule has 2 aromatic rings. The second-order valence-electron chi connectivity index (χ2n) is 6.65. The number of nitrogens with one attached hydrogen (secondary N) is 1. The number of piperazine rings is 1. The number of aryl methyl sites for hydroxylation is 1. The lowest BCUT2D eigenvalue weighted by atomic mass is 10.2. The van der Waals surface area contributed by atoms with E-state index in [1.165, 1.54) is 10.6 Å². The minimum Gasteiger partial charge on any atom is -0.408 e. The standard InChI is InChI=1S/C16H22N4O4S.ClH/c1-18-14-3-2-13(10-15(14)24-16(18)21)25(22,23)20-7-4-12(11-20)19-8-5-17-6-9-19;/h2-3,10,12,17H,4-9,11H2,1H3;1H. The molecule has 2 aliphatic heterocycles. The van der Waals surface area contributed by atoms with Crippen LogP contribution < -0.4 is 11.1 Å². The van der Waals surface area contributed by atoms with Gasteiger partial charge < -0.3 is 9.73 Å². The van der Waals surface area contributed by atoms with Gasteiger partial charge in [-0.15, -0.1) is 12.4 Å². The zero-order chi connectivity index (χ0) is 17.6. The van der Waals surface area contributed by atoms with Crippen molar-refractivity contribution in [2.45, 2.75) is 17.4 Å². The summed E-state index contributed by atoms with van der Waals surface area (Å²) in [7, 11) is -1.99. The number of halogens is 1. The number of oxazole rings is 1. The van der Waals surface area contributed by atoms with Gasteiger partial charge in [0.15, 0.2) is 5.58 Å². The van der Waals surface area contributed by atoms with Crippen LogP contribution in [0.4, 0.5) is 0 Å². The Balaban J connectivity index is 0.00000196. The summed E-state index contributed by atoms with van der Waals surface area (Å²) in [5.41, 5.74) is 0.885. The van der Waals surface area contributed by atoms with Gasteiger partial charge in [0.05, 0.1) is 10.4 Å². The molecule has 1 aromatic carbocycles. The molecule has 8 nitrogen and oxygen atoms in total. The van der Waals surface area contributed by atoms with Crippen LogP contribution in [0, 0.1) is 0 Å². The van der Waals surface area contributed by atoms with Gasteiger partial charge in [0.25, 0.3) is 0 Å². The van der Waals surface area contributed by atoms with E-state index in [4.69, 9.17) is 4.42 Å². The molecule has 144 valence electrons. The van der Waals surface area contributed by atoms with Gasteiger partial charge in [-0.3, -0.25) is 9.47 Å². The van der Waals surface area contributed by atoms with E-state index in [0.717, 1.165) is 32.6 Å². The summed E-state index contributed by atoms with van der Waals surface area (Å²) < 4.78 is 34.0. The first-order chi connectivity index (χ1) is 12.0. The van der Waals surface area contributed by atoms with E-state index in [9.17, 15) is 13.2 Å². The first-order valence-corrected chi connectivity index (χ1v) is 9.95. The highest BCUT2D eigenvalue weighted by Gasteiger charge is 2.35. The van der Waals surface area contributed by atoms with Crippen LogP contribution in [0.3, 0.4) is 0 Å². The van der Waals surface area contributed by atoms with Gasteiger partial charge in [0.2, 0.25) is 10.0 Å². The van der Waals surface area contributed by atoms with Crippen LogP contribution in [0.25, 0.3) is 11.1 Å². The molecule has 0 bridgehead atoms. The number of hydrogen-bond acceptors (Lipinski definition) is 6. The Bertz CT molecular complexity index is 949. The number of hydrogen-bond donors (Lipinski definition) is 1. The molecule has 1 unspecified atom stereocenters. The zero-order valence-corrected chi connectivity index (χ0v) is 16.2. The highest BCUT2D eigenvalue weighted by molar-refractivity contribution is 7.89. The number of benzene rings is 1. The third-order valence-corrected chi connectivity index (χ3v) is 7.06. The van der Waals surface area contributed by atoms with Crippen LogP contribution in [0.1, 0.15) is 6.42 Å². The van der Waals surface area contributed by atoms with Crippen molar-refractivity contribution < 1.29 is 12.8 Å². The van der Waals surface area contributed by atoms with Crippen molar-refractivity contribution in [3.63, 3.8) is 0 Å². The van der Waals surface area contributed by atoms with E-state index >= 15 is 0 Å². The fourth-order valence-corrected chi connectivity index (χ4v) is 5.21. The highest BCUT2D eigenvalue weighted by atomic mass is 35.5. The minimum atomic E-state index is -3.59. The third kappa shape index (κ3) is 3.29. The number of fused-ring (bicyclic) bond motifs is 1. The SMILES string of the molecule is Cl.Cn1c(=O)oc2cc(S(=O)(=O)N3CCC(N4CCNCC4)C3)ccc21. The van der Waals surface area contributed by atoms with Gasteiger partial charge in [0, 0.05) is 58.4 Å². The van der Waals surface area contributed by atoms with E-state index in [0.29, 0.717) is 24.2 Å². The van der Waals surface area contributed by atoms with E-state index in [1.54, 1.807) is 23.5 Å². The Morgan fingerprint density at radius 2 is 1.92 bits per heavy atom. The molecule has 0 saturated carbocycles. The Morgan fingerprint density at radius 1 is 1.19 bits per heavy atom. The fourth-order valence-electron chi connectivity index (χ4n) is 3.70. The summed E-state index contributed by atoms with van der Waals surface area (Å²) in [6, 6.07) is 4.89. The lowest BCUT2D eigenvalue weighted by Gasteiger charge is -2.32. The second-order valence-corrected chi connectivity index (χ2v) is 8.59. The Kier molecular flexibility index (Phi) is 5.45. The Morgan fingerprint density at radius 3 is 2.65 bits per heavy atom. The number of nitrogens with zero attached hydrogens (tertiary/aromatic N) is 3. The zero-order valence-electron chi connectivity index (χ0n) is 14.6. The molecule has 1 N–H and O–H groups in total. The van der Waals surface area contributed by atoms with Crippen molar-refractivity contribution >= 4 is 33.5 Å². The maximum atomic E-state index is 13.0. The minimum absolute atomic E-state index is 0. The Labute approximate surface area is 158 Å². The monoisotopic (exact) mass is 402 g/mol. The van der Waals surface area contributed by atoms with Crippen molar-refractivity contribution in [3.05, 3.63) is 28.7 Å². The van der Waals surface area contributed by atoms with Crippen LogP contribution in [-0.2, 0) is 17.1 Å². The molecule has 2 aliphatic rings. The largest absolute Gasteiger partial charge is 0.419 e. The molecular formula is C16H23ClN4O4S. The van der Waals surface area contributed by atoms with Gasteiger partial charge in [-0.05, 0) is 18.6 Å². The van der Waals surface area contributed by atoms with Crippen LogP contribution in [0.15, 0.2) is 32.3 Å². The molecule has 2 saturated heterocycles. The smallest absolute Gasteiger partial charge is 0.408 e. The van der Waals surface area contributed by atoms with Crippen molar-refractivity contribution in [2.24, 2.45) is 7.05 Å². The first kappa shape index (κ1) is 19.4. The quantitative estimate of drug-likeness (QED) is 0.790. The van der Waals surface area contributed by atoms with E-state index in [-0.39, 0.29) is 23.3 Å². The molecule has 0 radical (unpaired) electrons. The van der Waals surface area contributed by atoms with E-state index in [1.807, 2.05) is 0 Å². The summed E-state index contributed by atoms with van der Waals surface area (Å²) >= 11 is 0. The normalized spacial score (nSPS) is 22.6. The molecule has 10 heteroatoms. The molecule has 0 amide bonds. The topological polar surface area (TPSA) is 87.8 Å². The first-order valence-electron chi connectivity index (χ1n) is 8.51. The molecule has 0 spiro atoms. The molecule has 0 aliphatic carbocycles. The average Bonchev–Trinajstić information content (AvgIpc) is 3.22. The van der Waals surface area contributed by atoms with Gasteiger partial charge in [-0.2, -0.15) is 4.31 Å². The molecule has 26 heavy (non-hydrogen) atoms. The van der Waals surface area contributed by atoms with Crippen molar-refractivity contribution in [1.29, 1.82) is 0 Å². The van der Waals surface area contributed by atoms with Crippen molar-refractivity contribution in [1.82, 2.24) is 19.1 Å². The van der Waals surface area contributed by atoms with Crippen molar-refractivity contribution in [2.75, 3.05) is 39.3 Å². The lowest BCUT2D eigenvalue weighted by molar-refractivity contribution is 0.179. The summed E-state index contributed by atoms with van der Waals surface area (Å²) in [5.74, 6) is -0.496. The molecular weight excluding hydrogens is 380 g/mol. The third-order valence-electron chi connectivity index (χ3n) is 5.20. The van der Waals surface area contributed by atoms with E-state index in [2.05, 4.69) is 10.2 Å². The van der Waals surface area contributed by atoms with Crippen LogP contribution in [0.2, 0.25) is 0 Å². The average molecular weight is 403 g/mol. The predicted octanol–water partition coefficient (Wildman–Crippen LogP) is 0.222. The van der Waals surface area contributed by atoms with Crippen LogP contribution in [-0.4, -0.2) is 67.5 Å². The van der Waals surface area contributed by atoms with E-state index < -0.39 is 15.8 Å². The maximum absolute atomic E-state index is 13.0. The Hall–Kier alpha value is -1.39. The fraction of sp³-hybridized carbons (Fsp3) is 0.562. The summed E-state index contributed by atoms with van der Waals surface area (Å²) in [5, 5.41) is 3.32. The molecule has 4 rings (SSSR count). The number of sulfonamides is 1. The maximum Gasteiger partial charge on any atom is 0.419 e. The van der Waals surface area contributed by atoms with Crippen molar-refractivity contribution in [3.8, 4) is 0 Å². The number of aromatic nitrogens is 1. The van der Waals surface area contributed by atoms with Gasteiger partial charge in [0.1, 0.15) is 0 Å². The molecule has 1 atom stereocenters.